The van der Waals surface area contributed by atoms with E-state index in [1.165, 1.54) is 23.7 Å². The lowest BCUT2D eigenvalue weighted by Crippen LogP contribution is -2.25. The van der Waals surface area contributed by atoms with Crippen LogP contribution in [-0.2, 0) is 6.18 Å². The number of nitrogens with one attached hydrogen (secondary N) is 1. The summed E-state index contributed by atoms with van der Waals surface area (Å²) in [5, 5.41) is 3.95. The maximum absolute atomic E-state index is 13.2. The molecule has 21 heavy (non-hydrogen) atoms. The van der Waals surface area contributed by atoms with Crippen molar-refractivity contribution in [1.82, 2.24) is 15.3 Å². The van der Waals surface area contributed by atoms with E-state index in [1.807, 2.05) is 20.8 Å². The Morgan fingerprint density at radius 2 is 2.05 bits per heavy atom. The van der Waals surface area contributed by atoms with Gasteiger partial charge in [0, 0.05) is 22.8 Å². The van der Waals surface area contributed by atoms with Gasteiger partial charge in [-0.15, -0.1) is 11.3 Å². The number of alkyl halides is 3. The van der Waals surface area contributed by atoms with Crippen LogP contribution >= 0.6 is 11.3 Å². The van der Waals surface area contributed by atoms with E-state index in [0.717, 1.165) is 21.6 Å². The fourth-order valence-corrected chi connectivity index (χ4v) is 3.28. The quantitative estimate of drug-likeness (QED) is 0.930. The average Bonchev–Trinajstić information content (AvgIpc) is 2.74. The molecule has 2 aromatic heterocycles. The molecule has 0 aromatic carbocycles. The highest BCUT2D eigenvalue weighted by molar-refractivity contribution is 7.11. The summed E-state index contributed by atoms with van der Waals surface area (Å²) in [6, 6.07) is 0.467. The molecule has 2 rings (SSSR count). The number of halogens is 3. The molecule has 0 fully saturated rings. The maximum Gasteiger partial charge on any atom is 0.416 e. The van der Waals surface area contributed by atoms with Crippen molar-refractivity contribution in [3.05, 3.63) is 45.2 Å². The molecule has 0 aliphatic rings. The summed E-state index contributed by atoms with van der Waals surface area (Å²) < 4.78 is 39.6. The molecule has 2 aromatic rings. The minimum atomic E-state index is -4.40. The molecule has 3 nitrogen and oxygen atoms in total. The third kappa shape index (κ3) is 3.41. The van der Waals surface area contributed by atoms with E-state index in [4.69, 9.17) is 0 Å². The van der Waals surface area contributed by atoms with Gasteiger partial charge >= 0.3 is 6.18 Å². The number of hydrogen-bond donors (Lipinski definition) is 1. The average molecular weight is 315 g/mol. The Labute approximate surface area is 125 Å². The van der Waals surface area contributed by atoms with Crippen molar-refractivity contribution in [3.63, 3.8) is 0 Å². The minimum Gasteiger partial charge on any atom is -0.306 e. The summed E-state index contributed by atoms with van der Waals surface area (Å²) in [5.74, 6) is 0. The number of hydrogen-bond acceptors (Lipinski definition) is 4. The third-order valence-corrected chi connectivity index (χ3v) is 4.22. The Bertz CT molecular complexity index is 622. The van der Waals surface area contributed by atoms with Gasteiger partial charge in [0.25, 0.3) is 0 Å². The highest BCUT2D eigenvalue weighted by Gasteiger charge is 2.36. The second-order valence-electron chi connectivity index (χ2n) is 4.63. The van der Waals surface area contributed by atoms with E-state index in [0.29, 0.717) is 6.54 Å². The van der Waals surface area contributed by atoms with E-state index >= 15 is 0 Å². The van der Waals surface area contributed by atoms with Crippen LogP contribution in [0.3, 0.4) is 0 Å². The normalized spacial score (nSPS) is 13.4. The van der Waals surface area contributed by atoms with Gasteiger partial charge in [0.05, 0.1) is 22.3 Å². The number of aryl methyl sites for hydroxylation is 2. The van der Waals surface area contributed by atoms with Gasteiger partial charge in [0.1, 0.15) is 0 Å². The van der Waals surface area contributed by atoms with Crippen LogP contribution in [0.1, 0.15) is 39.7 Å². The van der Waals surface area contributed by atoms with Gasteiger partial charge in [0.2, 0.25) is 0 Å². The monoisotopic (exact) mass is 315 g/mol. The molecule has 2 heterocycles. The first kappa shape index (κ1) is 15.9. The third-order valence-electron chi connectivity index (χ3n) is 3.08. The fourth-order valence-electron chi connectivity index (χ4n) is 2.26. The second kappa shape index (κ2) is 6.11. The summed E-state index contributed by atoms with van der Waals surface area (Å²) in [7, 11) is 0. The molecule has 0 aliphatic heterocycles. The highest BCUT2D eigenvalue weighted by atomic mass is 32.1. The predicted octanol–water partition coefficient (Wildman–Crippen LogP) is 3.87. The molecule has 0 saturated carbocycles. The summed E-state index contributed by atoms with van der Waals surface area (Å²) in [5.41, 5.74) is 0.230. The van der Waals surface area contributed by atoms with E-state index in [9.17, 15) is 13.2 Å². The molecule has 0 spiro atoms. The maximum atomic E-state index is 13.2. The summed E-state index contributed by atoms with van der Waals surface area (Å²) in [4.78, 5) is 8.98. The molecular weight excluding hydrogens is 299 g/mol. The van der Waals surface area contributed by atoms with E-state index in [1.54, 1.807) is 0 Å². The summed E-state index contributed by atoms with van der Waals surface area (Å²) in [6.45, 7) is 6.07. The van der Waals surface area contributed by atoms with Crippen molar-refractivity contribution >= 4 is 11.3 Å². The second-order valence-corrected chi connectivity index (χ2v) is 5.87. The van der Waals surface area contributed by atoms with E-state index in [2.05, 4.69) is 15.3 Å². The standard InChI is InChI=1S/C14H16F3N3S/c1-4-19-12(13-8(2)20-9(3)21-13)10-7-18-6-5-11(10)14(15,16)17/h5-7,12,19H,4H2,1-3H3. The molecule has 0 radical (unpaired) electrons. The first-order valence-corrected chi connectivity index (χ1v) is 7.34. The number of aromatic nitrogens is 2. The van der Waals surface area contributed by atoms with Gasteiger partial charge in [-0.2, -0.15) is 13.2 Å². The largest absolute Gasteiger partial charge is 0.416 e. The molecule has 0 saturated heterocycles. The van der Waals surface area contributed by atoms with Crippen molar-refractivity contribution in [1.29, 1.82) is 0 Å². The van der Waals surface area contributed by atoms with Crippen LogP contribution in [0.25, 0.3) is 0 Å². The molecule has 0 amide bonds. The van der Waals surface area contributed by atoms with Crippen molar-refractivity contribution in [2.75, 3.05) is 6.54 Å². The Balaban J connectivity index is 2.56. The SMILES string of the molecule is CCNC(c1cnccc1C(F)(F)F)c1sc(C)nc1C. The van der Waals surface area contributed by atoms with E-state index in [-0.39, 0.29) is 5.56 Å². The van der Waals surface area contributed by atoms with Crippen LogP contribution in [0.2, 0.25) is 0 Å². The molecular formula is C14H16F3N3S. The molecule has 114 valence electrons. The van der Waals surface area contributed by atoms with Gasteiger partial charge in [-0.1, -0.05) is 6.92 Å². The van der Waals surface area contributed by atoms with E-state index < -0.39 is 17.8 Å². The predicted molar refractivity (Wildman–Crippen MR) is 76.3 cm³/mol. The molecule has 0 bridgehead atoms. The van der Waals surface area contributed by atoms with Crippen LogP contribution in [-0.4, -0.2) is 16.5 Å². The summed E-state index contributed by atoms with van der Waals surface area (Å²) >= 11 is 1.41. The Morgan fingerprint density at radius 3 is 2.57 bits per heavy atom. The molecule has 1 atom stereocenters. The smallest absolute Gasteiger partial charge is 0.306 e. The van der Waals surface area contributed by atoms with Gasteiger partial charge in [0.15, 0.2) is 0 Å². The molecule has 0 aliphatic carbocycles. The fraction of sp³-hybridized carbons (Fsp3) is 0.429. The zero-order chi connectivity index (χ0) is 15.6. The minimum absolute atomic E-state index is 0.138. The number of rotatable bonds is 4. The van der Waals surface area contributed by atoms with Crippen LogP contribution in [0, 0.1) is 13.8 Å². The zero-order valence-corrected chi connectivity index (χ0v) is 12.8. The van der Waals surface area contributed by atoms with Gasteiger partial charge < -0.3 is 5.32 Å². The van der Waals surface area contributed by atoms with Crippen molar-refractivity contribution in [2.45, 2.75) is 33.0 Å². The van der Waals surface area contributed by atoms with Crippen molar-refractivity contribution in [2.24, 2.45) is 0 Å². The lowest BCUT2D eigenvalue weighted by molar-refractivity contribution is -0.138. The lowest BCUT2D eigenvalue weighted by Gasteiger charge is -2.21. The van der Waals surface area contributed by atoms with Gasteiger partial charge in [-0.3, -0.25) is 4.98 Å². The zero-order valence-electron chi connectivity index (χ0n) is 12.0. The van der Waals surface area contributed by atoms with Crippen molar-refractivity contribution in [3.8, 4) is 0 Å². The highest BCUT2D eigenvalue weighted by Crippen LogP contribution is 2.38. The number of thiazole rings is 1. The molecule has 7 heteroatoms. The lowest BCUT2D eigenvalue weighted by atomic mass is 10.0. The van der Waals surface area contributed by atoms with Crippen molar-refractivity contribution < 1.29 is 13.2 Å². The van der Waals surface area contributed by atoms with Crippen LogP contribution in [0.4, 0.5) is 13.2 Å². The van der Waals surface area contributed by atoms with Gasteiger partial charge in [-0.25, -0.2) is 4.98 Å². The Kier molecular flexibility index (Phi) is 4.63. The molecule has 1 N–H and O–H groups in total. The van der Waals surface area contributed by atoms with Gasteiger partial charge in [-0.05, 0) is 26.5 Å². The number of nitrogens with zero attached hydrogens (tertiary/aromatic N) is 2. The van der Waals surface area contributed by atoms with Crippen LogP contribution in [0.15, 0.2) is 18.5 Å². The molecule has 1 unspecified atom stereocenters. The first-order valence-electron chi connectivity index (χ1n) is 6.53. The first-order chi connectivity index (χ1) is 9.84. The van der Waals surface area contributed by atoms with Crippen LogP contribution < -0.4 is 5.32 Å². The topological polar surface area (TPSA) is 37.8 Å². The summed E-state index contributed by atoms with van der Waals surface area (Å²) in [6.07, 6.45) is -1.95. The Morgan fingerprint density at radius 1 is 1.33 bits per heavy atom. The Hall–Kier alpha value is -1.47. The van der Waals surface area contributed by atoms with Crippen LogP contribution in [0.5, 0.6) is 0 Å². The number of pyridine rings is 1.